The number of likely N-dealkylation sites (N-methyl/N-ethyl adjacent to an activating group) is 1. The quantitative estimate of drug-likeness (QED) is 0.697. The number of amides is 5. The summed E-state index contributed by atoms with van der Waals surface area (Å²) >= 11 is 0. The van der Waals surface area contributed by atoms with Crippen LogP contribution in [0.15, 0.2) is 0 Å². The van der Waals surface area contributed by atoms with E-state index >= 15 is 0 Å². The highest BCUT2D eigenvalue weighted by atomic mass is 16.2. The Bertz CT molecular complexity index is 452. The Labute approximate surface area is 110 Å². The van der Waals surface area contributed by atoms with E-state index in [0.717, 1.165) is 17.7 Å². The predicted molar refractivity (Wildman–Crippen MR) is 64.8 cm³/mol. The first-order valence-corrected chi connectivity index (χ1v) is 6.26. The summed E-state index contributed by atoms with van der Waals surface area (Å²) in [4.78, 5) is 49.9. The summed E-state index contributed by atoms with van der Waals surface area (Å²) in [5.74, 6) is -1.41. The van der Waals surface area contributed by atoms with Gasteiger partial charge in [0, 0.05) is 14.1 Å². The number of nitrogens with zero attached hydrogens (tertiary/aromatic N) is 2. The average Bonchev–Trinajstić information content (AvgIpc) is 2.83. The van der Waals surface area contributed by atoms with Crippen LogP contribution in [0.3, 0.4) is 0 Å². The van der Waals surface area contributed by atoms with Crippen LogP contribution >= 0.6 is 0 Å². The lowest BCUT2D eigenvalue weighted by Gasteiger charge is -2.36. The molecule has 0 aromatic rings. The average molecular weight is 267 g/mol. The van der Waals surface area contributed by atoms with Crippen LogP contribution in [0.2, 0.25) is 0 Å². The number of barbiturate groups is 1. The minimum atomic E-state index is -1.14. The summed E-state index contributed by atoms with van der Waals surface area (Å²) < 4.78 is 0. The van der Waals surface area contributed by atoms with Crippen molar-refractivity contribution in [2.45, 2.75) is 25.7 Å². The fourth-order valence-corrected chi connectivity index (χ4v) is 2.57. The molecular formula is C12H17N3O4. The van der Waals surface area contributed by atoms with Crippen LogP contribution in [0.4, 0.5) is 4.79 Å². The number of carbonyl (C=O) groups is 4. The standard InChI is InChI=1S/C12H17N3O4/c1-14(2)8(16)7-15-10(18)12(5-3-4-6-12)9(17)13-11(15)19/h3-7H2,1-2H3,(H,13,17,19). The number of urea groups is 1. The van der Waals surface area contributed by atoms with Gasteiger partial charge < -0.3 is 4.90 Å². The van der Waals surface area contributed by atoms with Gasteiger partial charge in [0.1, 0.15) is 12.0 Å². The van der Waals surface area contributed by atoms with Gasteiger partial charge in [0.15, 0.2) is 0 Å². The number of hydrogen-bond acceptors (Lipinski definition) is 4. The number of imide groups is 2. The molecule has 7 heteroatoms. The molecule has 19 heavy (non-hydrogen) atoms. The fourth-order valence-electron chi connectivity index (χ4n) is 2.57. The van der Waals surface area contributed by atoms with Gasteiger partial charge in [-0.25, -0.2) is 4.79 Å². The van der Waals surface area contributed by atoms with E-state index in [4.69, 9.17) is 0 Å². The normalized spacial score (nSPS) is 21.8. The van der Waals surface area contributed by atoms with Crippen molar-refractivity contribution in [3.05, 3.63) is 0 Å². The molecule has 1 saturated carbocycles. The minimum absolute atomic E-state index is 0.327. The van der Waals surface area contributed by atoms with Crippen LogP contribution < -0.4 is 5.32 Å². The molecule has 2 rings (SSSR count). The SMILES string of the molecule is CN(C)C(=O)CN1C(=O)NC(=O)C2(CCCC2)C1=O. The molecule has 1 aliphatic carbocycles. The van der Waals surface area contributed by atoms with Gasteiger partial charge in [0.05, 0.1) is 0 Å². The molecule has 0 aromatic heterocycles. The van der Waals surface area contributed by atoms with Gasteiger partial charge in [-0.15, -0.1) is 0 Å². The Balaban J connectivity index is 2.24. The molecule has 0 aromatic carbocycles. The Morgan fingerprint density at radius 1 is 1.26 bits per heavy atom. The molecule has 1 heterocycles. The van der Waals surface area contributed by atoms with Gasteiger partial charge in [0.25, 0.3) is 0 Å². The molecule has 1 N–H and O–H groups in total. The molecule has 0 atom stereocenters. The molecule has 1 aliphatic heterocycles. The maximum absolute atomic E-state index is 12.4. The second-order valence-corrected chi connectivity index (χ2v) is 5.23. The van der Waals surface area contributed by atoms with Crippen molar-refractivity contribution in [1.29, 1.82) is 0 Å². The molecule has 104 valence electrons. The van der Waals surface area contributed by atoms with Crippen LogP contribution in [0, 0.1) is 5.41 Å². The van der Waals surface area contributed by atoms with Gasteiger partial charge in [0.2, 0.25) is 17.7 Å². The third-order valence-electron chi connectivity index (χ3n) is 3.80. The molecule has 1 saturated heterocycles. The molecule has 1 spiro atoms. The van der Waals surface area contributed by atoms with Crippen molar-refractivity contribution in [2.24, 2.45) is 5.41 Å². The van der Waals surface area contributed by atoms with E-state index in [-0.39, 0.29) is 12.5 Å². The molecule has 7 nitrogen and oxygen atoms in total. The van der Waals surface area contributed by atoms with Gasteiger partial charge in [-0.05, 0) is 12.8 Å². The van der Waals surface area contributed by atoms with E-state index in [2.05, 4.69) is 5.32 Å². The summed E-state index contributed by atoms with van der Waals surface area (Å²) in [5.41, 5.74) is -1.14. The lowest BCUT2D eigenvalue weighted by molar-refractivity contribution is -0.153. The number of carbonyl (C=O) groups excluding carboxylic acids is 4. The highest BCUT2D eigenvalue weighted by Crippen LogP contribution is 2.41. The third kappa shape index (κ3) is 2.09. The van der Waals surface area contributed by atoms with Crippen LogP contribution in [0.1, 0.15) is 25.7 Å². The van der Waals surface area contributed by atoms with Crippen molar-refractivity contribution >= 4 is 23.8 Å². The summed E-state index contributed by atoms with van der Waals surface area (Å²) in [6, 6.07) is -0.803. The highest BCUT2D eigenvalue weighted by Gasteiger charge is 2.55. The molecule has 0 unspecified atom stereocenters. The zero-order chi connectivity index (χ0) is 14.2. The smallest absolute Gasteiger partial charge is 0.331 e. The Morgan fingerprint density at radius 3 is 2.37 bits per heavy atom. The van der Waals surface area contributed by atoms with Gasteiger partial charge in [-0.3, -0.25) is 24.6 Å². The number of hydrogen-bond donors (Lipinski definition) is 1. The fraction of sp³-hybridized carbons (Fsp3) is 0.667. The maximum atomic E-state index is 12.4. The van der Waals surface area contributed by atoms with Crippen LogP contribution in [-0.2, 0) is 14.4 Å². The first-order chi connectivity index (χ1) is 8.88. The Morgan fingerprint density at radius 2 is 1.84 bits per heavy atom. The van der Waals surface area contributed by atoms with Crippen molar-refractivity contribution in [3.8, 4) is 0 Å². The van der Waals surface area contributed by atoms with E-state index < -0.39 is 23.3 Å². The van der Waals surface area contributed by atoms with Crippen molar-refractivity contribution in [2.75, 3.05) is 20.6 Å². The zero-order valence-corrected chi connectivity index (χ0v) is 11.1. The predicted octanol–water partition coefficient (Wildman–Crippen LogP) is -0.287. The molecular weight excluding hydrogens is 250 g/mol. The monoisotopic (exact) mass is 267 g/mol. The van der Waals surface area contributed by atoms with Crippen LogP contribution in [-0.4, -0.2) is 54.2 Å². The highest BCUT2D eigenvalue weighted by molar-refractivity contribution is 6.20. The second kappa shape index (κ2) is 4.64. The largest absolute Gasteiger partial charge is 0.347 e. The van der Waals surface area contributed by atoms with Crippen LogP contribution in [0.5, 0.6) is 0 Å². The van der Waals surface area contributed by atoms with E-state index in [0.29, 0.717) is 12.8 Å². The minimum Gasteiger partial charge on any atom is -0.347 e. The summed E-state index contributed by atoms with van der Waals surface area (Å²) in [5, 5.41) is 2.19. The van der Waals surface area contributed by atoms with Gasteiger partial charge >= 0.3 is 6.03 Å². The number of nitrogens with one attached hydrogen (secondary N) is 1. The third-order valence-corrected chi connectivity index (χ3v) is 3.80. The molecule has 2 aliphatic rings. The number of rotatable bonds is 2. The summed E-state index contributed by atoms with van der Waals surface area (Å²) in [6.07, 6.45) is 2.45. The summed E-state index contributed by atoms with van der Waals surface area (Å²) in [6.45, 7) is -0.327. The first kappa shape index (κ1) is 13.5. The Kier molecular flexibility index (Phi) is 3.30. The molecule has 2 fully saturated rings. The zero-order valence-electron chi connectivity index (χ0n) is 11.1. The first-order valence-electron chi connectivity index (χ1n) is 6.26. The lowest BCUT2D eigenvalue weighted by Crippen LogP contribution is -2.64. The summed E-state index contributed by atoms with van der Waals surface area (Å²) in [7, 11) is 3.09. The Hall–Kier alpha value is -1.92. The second-order valence-electron chi connectivity index (χ2n) is 5.23. The van der Waals surface area contributed by atoms with Gasteiger partial charge in [-0.2, -0.15) is 0 Å². The lowest BCUT2D eigenvalue weighted by atomic mass is 9.82. The van der Waals surface area contributed by atoms with Crippen molar-refractivity contribution in [3.63, 3.8) is 0 Å². The molecule has 0 radical (unpaired) electrons. The van der Waals surface area contributed by atoms with Crippen molar-refractivity contribution < 1.29 is 19.2 Å². The topological polar surface area (TPSA) is 86.8 Å². The van der Waals surface area contributed by atoms with E-state index in [1.54, 1.807) is 14.1 Å². The maximum Gasteiger partial charge on any atom is 0.331 e. The molecule has 0 bridgehead atoms. The van der Waals surface area contributed by atoms with Gasteiger partial charge in [-0.1, -0.05) is 12.8 Å². The van der Waals surface area contributed by atoms with E-state index in [1.165, 1.54) is 4.90 Å². The van der Waals surface area contributed by atoms with Crippen LogP contribution in [0.25, 0.3) is 0 Å². The van der Waals surface area contributed by atoms with E-state index in [9.17, 15) is 19.2 Å². The van der Waals surface area contributed by atoms with E-state index in [1.807, 2.05) is 0 Å². The molecule has 5 amide bonds. The van der Waals surface area contributed by atoms with Crippen molar-refractivity contribution in [1.82, 2.24) is 15.1 Å².